The lowest BCUT2D eigenvalue weighted by Crippen LogP contribution is -2.47. The summed E-state index contributed by atoms with van der Waals surface area (Å²) in [5.74, 6) is 0. The third kappa shape index (κ3) is 8.18. The van der Waals surface area contributed by atoms with Crippen molar-refractivity contribution in [3.8, 4) is 0 Å². The van der Waals surface area contributed by atoms with Gasteiger partial charge in [0.25, 0.3) is 0 Å². The van der Waals surface area contributed by atoms with Gasteiger partial charge in [-0.1, -0.05) is 19.6 Å². The Morgan fingerprint density at radius 3 is 1.70 bits per heavy atom. The van der Waals surface area contributed by atoms with Gasteiger partial charge in [-0.2, -0.15) is 13.2 Å². The average Bonchev–Trinajstić information content (AvgIpc) is 1.57. The lowest BCUT2D eigenvalue weighted by atomic mass is 11.3. The first-order valence-corrected chi connectivity index (χ1v) is 9.56. The predicted molar refractivity (Wildman–Crippen MR) is 41.1 cm³/mol. The summed E-state index contributed by atoms with van der Waals surface area (Å²) >= 11 is 0. The Bertz CT molecular complexity index is 92.1. The molecule has 0 aromatic carbocycles. The van der Waals surface area contributed by atoms with Crippen LogP contribution in [0.25, 0.3) is 0 Å². The Labute approximate surface area is 61.7 Å². The molecule has 0 radical (unpaired) electrons. The summed E-state index contributed by atoms with van der Waals surface area (Å²) < 4.78 is 34.6. The molecule has 0 saturated heterocycles. The van der Waals surface area contributed by atoms with Gasteiger partial charge in [0.05, 0.1) is 9.20 Å². The van der Waals surface area contributed by atoms with Crippen LogP contribution in [0.3, 0.4) is 0 Å². The smallest absolute Gasteiger partial charge is 0.258 e. The fraction of sp³-hybridized carbons (Fsp3) is 1.00. The molecule has 0 aliphatic rings. The molecule has 0 bridgehead atoms. The van der Waals surface area contributed by atoms with E-state index in [-0.39, 0.29) is 0 Å². The van der Waals surface area contributed by atoms with Crippen molar-refractivity contribution in [1.82, 2.24) is 4.98 Å². The monoisotopic (exact) mass is 187 g/mol. The van der Waals surface area contributed by atoms with E-state index >= 15 is 0 Å². The number of halogens is 3. The van der Waals surface area contributed by atoms with Crippen molar-refractivity contribution in [3.05, 3.63) is 0 Å². The van der Waals surface area contributed by atoms with Gasteiger partial charge in [0, 0.05) is 7.59 Å². The molecule has 10 heavy (non-hydrogen) atoms. The van der Waals surface area contributed by atoms with Gasteiger partial charge in [-0.05, 0) is 0 Å². The highest BCUT2D eigenvalue weighted by atomic mass is 29.2. The Kier molecular flexibility index (Phi) is 3.11. The molecule has 0 atom stereocenters. The van der Waals surface area contributed by atoms with Crippen molar-refractivity contribution >= 4 is 16.8 Å². The third-order valence-corrected chi connectivity index (χ3v) is 6.17. The van der Waals surface area contributed by atoms with E-state index in [1.165, 1.54) is 0 Å². The molecule has 0 aliphatic heterocycles. The van der Waals surface area contributed by atoms with Crippen molar-refractivity contribution in [1.29, 1.82) is 0 Å². The van der Waals surface area contributed by atoms with E-state index in [1.807, 2.05) is 19.6 Å². The molecule has 1 nitrogen and oxygen atoms in total. The molecular formula is C4H12F3NSi2. The van der Waals surface area contributed by atoms with Gasteiger partial charge in [0.1, 0.15) is 0 Å². The first kappa shape index (κ1) is 10.2. The molecule has 0 amide bonds. The molecule has 0 aromatic rings. The first-order valence-electron chi connectivity index (χ1n) is 3.02. The first-order chi connectivity index (χ1) is 4.21. The zero-order valence-electron chi connectivity index (χ0n) is 6.34. The van der Waals surface area contributed by atoms with Crippen molar-refractivity contribution < 1.29 is 13.2 Å². The second-order valence-corrected chi connectivity index (χ2v) is 16.7. The Balaban J connectivity index is 3.56. The summed E-state index contributed by atoms with van der Waals surface area (Å²) in [5.41, 5.74) is 0. The molecule has 0 rings (SSSR count). The summed E-state index contributed by atoms with van der Waals surface area (Å²) in [6, 6.07) is 0. The van der Waals surface area contributed by atoms with E-state index in [0.29, 0.717) is 0 Å². The van der Waals surface area contributed by atoms with Gasteiger partial charge in [-0.25, -0.2) is 0 Å². The molecule has 62 valence electrons. The number of hydrogen-bond donors (Lipinski definition) is 1. The van der Waals surface area contributed by atoms with E-state index in [9.17, 15) is 13.2 Å². The highest BCUT2D eigenvalue weighted by molar-refractivity contribution is 7.22. The molecule has 0 aliphatic carbocycles. The van der Waals surface area contributed by atoms with Gasteiger partial charge in [-0.15, -0.1) is 0 Å². The van der Waals surface area contributed by atoms with Gasteiger partial charge >= 0.3 is 6.30 Å². The van der Waals surface area contributed by atoms with Crippen molar-refractivity contribution in [2.45, 2.75) is 25.9 Å². The quantitative estimate of drug-likeness (QED) is 0.502. The summed E-state index contributed by atoms with van der Waals surface area (Å²) in [7, 11) is -2.55. The van der Waals surface area contributed by atoms with Crippen LogP contribution >= 0.6 is 0 Å². The molecular weight excluding hydrogens is 175 g/mol. The fourth-order valence-corrected chi connectivity index (χ4v) is 3.29. The van der Waals surface area contributed by atoms with Crippen LogP contribution in [0.5, 0.6) is 0 Å². The standard InChI is InChI=1S/C4H12F3NSi2/c1-10(2,3)9-8-4(5,6)7/h8H,9H2,1-3H3. The van der Waals surface area contributed by atoms with Crippen LogP contribution in [0.1, 0.15) is 0 Å². The minimum Gasteiger partial charge on any atom is -0.258 e. The van der Waals surface area contributed by atoms with Gasteiger partial charge in [-0.3, -0.25) is 4.98 Å². The highest BCUT2D eigenvalue weighted by Crippen LogP contribution is 2.09. The molecule has 0 heterocycles. The van der Waals surface area contributed by atoms with E-state index in [2.05, 4.69) is 0 Å². The molecule has 0 spiro atoms. The average molecular weight is 187 g/mol. The largest absolute Gasteiger partial charge is 0.450 e. The van der Waals surface area contributed by atoms with E-state index < -0.39 is 23.1 Å². The fourth-order valence-electron chi connectivity index (χ4n) is 0.365. The van der Waals surface area contributed by atoms with Crippen molar-refractivity contribution in [2.24, 2.45) is 0 Å². The second kappa shape index (κ2) is 3.06. The van der Waals surface area contributed by atoms with E-state index in [1.54, 1.807) is 4.98 Å². The topological polar surface area (TPSA) is 12.0 Å². The lowest BCUT2D eigenvalue weighted by Gasteiger charge is -2.16. The maximum absolute atomic E-state index is 11.5. The minimum absolute atomic E-state index is 1.09. The zero-order chi connectivity index (χ0) is 8.41. The van der Waals surface area contributed by atoms with Crippen molar-refractivity contribution in [2.75, 3.05) is 0 Å². The van der Waals surface area contributed by atoms with Crippen LogP contribution in [0, 0.1) is 0 Å². The second-order valence-electron chi connectivity index (χ2n) is 3.41. The van der Waals surface area contributed by atoms with E-state index in [4.69, 9.17) is 0 Å². The molecule has 0 unspecified atom stereocenters. The maximum atomic E-state index is 11.5. The molecule has 0 fully saturated rings. The Morgan fingerprint density at radius 1 is 1.20 bits per heavy atom. The van der Waals surface area contributed by atoms with Crippen LogP contribution in [0.4, 0.5) is 13.2 Å². The van der Waals surface area contributed by atoms with Crippen LogP contribution in [-0.4, -0.2) is 23.1 Å². The van der Waals surface area contributed by atoms with Crippen LogP contribution in [0.2, 0.25) is 19.6 Å². The minimum atomic E-state index is -4.15. The number of nitrogens with one attached hydrogen (secondary N) is 1. The van der Waals surface area contributed by atoms with Crippen LogP contribution in [0.15, 0.2) is 0 Å². The van der Waals surface area contributed by atoms with E-state index in [0.717, 1.165) is 0 Å². The van der Waals surface area contributed by atoms with Gasteiger partial charge in [0.15, 0.2) is 0 Å². The van der Waals surface area contributed by atoms with Crippen LogP contribution in [-0.2, 0) is 0 Å². The number of alkyl halides is 3. The number of rotatable bonds is 2. The summed E-state index contributed by atoms with van der Waals surface area (Å²) in [6.07, 6.45) is -4.15. The Hall–Kier alpha value is 0.184. The summed E-state index contributed by atoms with van der Waals surface area (Å²) in [6.45, 7) is 5.83. The SMILES string of the molecule is C[Si](C)(C)[SiH2]NC(F)(F)F. The highest BCUT2D eigenvalue weighted by Gasteiger charge is 2.29. The lowest BCUT2D eigenvalue weighted by molar-refractivity contribution is -0.138. The Morgan fingerprint density at radius 2 is 1.60 bits per heavy atom. The molecule has 1 N–H and O–H groups in total. The third-order valence-electron chi connectivity index (χ3n) is 0.819. The number of hydrogen-bond acceptors (Lipinski definition) is 1. The van der Waals surface area contributed by atoms with Crippen molar-refractivity contribution in [3.63, 3.8) is 0 Å². The van der Waals surface area contributed by atoms with Crippen LogP contribution < -0.4 is 4.98 Å². The molecule has 0 saturated carbocycles. The molecule has 0 aromatic heterocycles. The normalized spacial score (nSPS) is 15.0. The predicted octanol–water partition coefficient (Wildman–Crippen LogP) is 1.01. The van der Waals surface area contributed by atoms with Gasteiger partial charge < -0.3 is 0 Å². The molecule has 6 heteroatoms. The maximum Gasteiger partial charge on any atom is 0.450 e. The zero-order valence-corrected chi connectivity index (χ0v) is 8.76. The summed E-state index contributed by atoms with van der Waals surface area (Å²) in [4.78, 5) is 1.66. The van der Waals surface area contributed by atoms with Gasteiger partial charge in [0.2, 0.25) is 0 Å². The summed E-state index contributed by atoms with van der Waals surface area (Å²) in [5, 5.41) is 0.